The van der Waals surface area contributed by atoms with Gasteiger partial charge >= 0.3 is 0 Å². The van der Waals surface area contributed by atoms with E-state index in [9.17, 15) is 8.42 Å². The maximum atomic E-state index is 12.6. The molecule has 0 heterocycles. The van der Waals surface area contributed by atoms with Gasteiger partial charge in [-0.05, 0) is 43.2 Å². The Hall–Kier alpha value is -2.01. The Morgan fingerprint density at radius 2 is 1.71 bits per heavy atom. The number of nitrogens with zero attached hydrogens (tertiary/aromatic N) is 1. The molecule has 0 spiro atoms. The van der Waals surface area contributed by atoms with Crippen molar-refractivity contribution in [3.05, 3.63) is 53.6 Å². The van der Waals surface area contributed by atoms with Gasteiger partial charge in [0.1, 0.15) is 0 Å². The fourth-order valence-electron chi connectivity index (χ4n) is 2.11. The Balaban J connectivity index is 2.41. The van der Waals surface area contributed by atoms with E-state index in [1.165, 1.54) is 10.4 Å². The summed E-state index contributed by atoms with van der Waals surface area (Å²) in [5.41, 5.74) is 9.07. The number of hydrogen-bond donors (Lipinski definition) is 1. The molecule has 2 N–H and O–H groups in total. The van der Waals surface area contributed by atoms with E-state index in [0.717, 1.165) is 17.5 Å². The molecule has 2 aromatic rings. The summed E-state index contributed by atoms with van der Waals surface area (Å²) in [5, 5.41) is 0. The molecular weight excluding hydrogens is 284 g/mol. The zero-order chi connectivity index (χ0) is 15.6. The second kappa shape index (κ2) is 5.77. The number of benzene rings is 2. The van der Waals surface area contributed by atoms with Crippen molar-refractivity contribution in [2.24, 2.45) is 0 Å². The Morgan fingerprint density at radius 1 is 1.10 bits per heavy atom. The maximum absolute atomic E-state index is 12.6. The molecule has 21 heavy (non-hydrogen) atoms. The van der Waals surface area contributed by atoms with Crippen molar-refractivity contribution in [2.45, 2.75) is 25.2 Å². The Labute approximate surface area is 126 Å². The first-order valence-corrected chi connectivity index (χ1v) is 8.24. The van der Waals surface area contributed by atoms with Crippen molar-refractivity contribution in [1.82, 2.24) is 0 Å². The number of rotatable bonds is 4. The van der Waals surface area contributed by atoms with Crippen LogP contribution >= 0.6 is 0 Å². The van der Waals surface area contributed by atoms with Gasteiger partial charge in [0, 0.05) is 12.7 Å². The van der Waals surface area contributed by atoms with E-state index in [0.29, 0.717) is 11.4 Å². The highest BCUT2D eigenvalue weighted by molar-refractivity contribution is 7.92. The number of hydrogen-bond acceptors (Lipinski definition) is 3. The fourth-order valence-corrected chi connectivity index (χ4v) is 3.34. The van der Waals surface area contributed by atoms with Crippen LogP contribution in [0.3, 0.4) is 0 Å². The molecule has 0 saturated heterocycles. The standard InChI is InChI=1S/C16H20N2O2S/c1-4-13-7-10-15(11-16(13)17)21(19,20)18(3)14-8-5-12(2)6-9-14/h5-11H,4,17H2,1-3H3. The van der Waals surface area contributed by atoms with E-state index in [2.05, 4.69) is 0 Å². The van der Waals surface area contributed by atoms with Gasteiger partial charge in [0.25, 0.3) is 10.0 Å². The Bertz CT molecular complexity index is 737. The SMILES string of the molecule is CCc1ccc(S(=O)(=O)N(C)c2ccc(C)cc2)cc1N. The largest absolute Gasteiger partial charge is 0.398 e. The van der Waals surface area contributed by atoms with E-state index in [1.54, 1.807) is 31.3 Å². The zero-order valence-electron chi connectivity index (χ0n) is 12.5. The lowest BCUT2D eigenvalue weighted by Gasteiger charge is -2.20. The van der Waals surface area contributed by atoms with Crippen LogP contribution in [0, 0.1) is 6.92 Å². The molecule has 0 radical (unpaired) electrons. The first kappa shape index (κ1) is 15.4. The van der Waals surface area contributed by atoms with E-state index in [-0.39, 0.29) is 4.90 Å². The maximum Gasteiger partial charge on any atom is 0.264 e. The van der Waals surface area contributed by atoms with Crippen LogP contribution in [0.15, 0.2) is 47.4 Å². The number of anilines is 2. The minimum absolute atomic E-state index is 0.209. The van der Waals surface area contributed by atoms with Crippen molar-refractivity contribution in [1.29, 1.82) is 0 Å². The lowest BCUT2D eigenvalue weighted by Crippen LogP contribution is -2.26. The third-order valence-corrected chi connectivity index (χ3v) is 5.34. The molecule has 2 aromatic carbocycles. The van der Waals surface area contributed by atoms with Crippen LogP contribution in [0.2, 0.25) is 0 Å². The summed E-state index contributed by atoms with van der Waals surface area (Å²) in [4.78, 5) is 0.209. The molecule has 2 rings (SSSR count). The molecule has 0 aromatic heterocycles. The molecular formula is C16H20N2O2S. The van der Waals surface area contributed by atoms with Gasteiger partial charge in [0.05, 0.1) is 10.6 Å². The van der Waals surface area contributed by atoms with Crippen LogP contribution in [0.1, 0.15) is 18.1 Å². The summed E-state index contributed by atoms with van der Waals surface area (Å²) in [6.45, 7) is 3.95. The zero-order valence-corrected chi connectivity index (χ0v) is 13.3. The minimum atomic E-state index is -3.60. The van der Waals surface area contributed by atoms with Crippen LogP contribution in [0.5, 0.6) is 0 Å². The summed E-state index contributed by atoms with van der Waals surface area (Å²) < 4.78 is 26.6. The van der Waals surface area contributed by atoms with Crippen molar-refractivity contribution in [3.63, 3.8) is 0 Å². The van der Waals surface area contributed by atoms with Crippen LogP contribution < -0.4 is 10.0 Å². The average molecular weight is 304 g/mol. The fraction of sp³-hybridized carbons (Fsp3) is 0.250. The van der Waals surface area contributed by atoms with Crippen LogP contribution in [-0.2, 0) is 16.4 Å². The first-order valence-electron chi connectivity index (χ1n) is 6.80. The topological polar surface area (TPSA) is 63.4 Å². The van der Waals surface area contributed by atoms with Gasteiger partial charge in [0.15, 0.2) is 0 Å². The second-order valence-corrected chi connectivity index (χ2v) is 6.99. The quantitative estimate of drug-likeness (QED) is 0.883. The summed E-state index contributed by atoms with van der Waals surface area (Å²) in [7, 11) is -2.05. The molecule has 0 aliphatic carbocycles. The van der Waals surface area contributed by atoms with Gasteiger partial charge in [-0.25, -0.2) is 8.42 Å². The van der Waals surface area contributed by atoms with E-state index < -0.39 is 10.0 Å². The van der Waals surface area contributed by atoms with E-state index >= 15 is 0 Å². The summed E-state index contributed by atoms with van der Waals surface area (Å²) >= 11 is 0. The van der Waals surface area contributed by atoms with Gasteiger partial charge in [-0.15, -0.1) is 0 Å². The number of nitrogen functional groups attached to an aromatic ring is 1. The van der Waals surface area contributed by atoms with Crippen molar-refractivity contribution in [3.8, 4) is 0 Å². The molecule has 0 aliphatic heterocycles. The predicted molar refractivity (Wildman–Crippen MR) is 87.0 cm³/mol. The van der Waals surface area contributed by atoms with E-state index in [4.69, 9.17) is 5.73 Å². The molecule has 0 bridgehead atoms. The third-order valence-electron chi connectivity index (χ3n) is 3.55. The molecule has 4 nitrogen and oxygen atoms in total. The normalized spacial score (nSPS) is 11.4. The summed E-state index contributed by atoms with van der Waals surface area (Å²) in [5.74, 6) is 0. The highest BCUT2D eigenvalue weighted by Crippen LogP contribution is 2.25. The summed E-state index contributed by atoms with van der Waals surface area (Å²) in [6.07, 6.45) is 0.778. The van der Waals surface area contributed by atoms with E-state index in [1.807, 2.05) is 26.0 Å². The third kappa shape index (κ3) is 3.03. The Morgan fingerprint density at radius 3 is 2.24 bits per heavy atom. The molecule has 0 atom stereocenters. The van der Waals surface area contributed by atoms with Crippen molar-refractivity contribution >= 4 is 21.4 Å². The molecule has 0 unspecified atom stereocenters. The number of sulfonamides is 1. The van der Waals surface area contributed by atoms with Gasteiger partial charge in [-0.3, -0.25) is 4.31 Å². The highest BCUT2D eigenvalue weighted by Gasteiger charge is 2.21. The van der Waals surface area contributed by atoms with Gasteiger partial charge < -0.3 is 5.73 Å². The second-order valence-electron chi connectivity index (χ2n) is 5.02. The molecule has 0 saturated carbocycles. The number of aryl methyl sites for hydroxylation is 2. The highest BCUT2D eigenvalue weighted by atomic mass is 32.2. The van der Waals surface area contributed by atoms with Crippen LogP contribution in [0.4, 0.5) is 11.4 Å². The monoisotopic (exact) mass is 304 g/mol. The average Bonchev–Trinajstić information content (AvgIpc) is 2.47. The van der Waals surface area contributed by atoms with Gasteiger partial charge in [0.2, 0.25) is 0 Å². The van der Waals surface area contributed by atoms with Crippen LogP contribution in [-0.4, -0.2) is 15.5 Å². The predicted octanol–water partition coefficient (Wildman–Crippen LogP) is 2.96. The lowest BCUT2D eigenvalue weighted by atomic mass is 10.1. The molecule has 0 aliphatic rings. The van der Waals surface area contributed by atoms with Crippen LogP contribution in [0.25, 0.3) is 0 Å². The van der Waals surface area contributed by atoms with Crippen molar-refractivity contribution < 1.29 is 8.42 Å². The minimum Gasteiger partial charge on any atom is -0.398 e. The smallest absolute Gasteiger partial charge is 0.264 e. The molecule has 112 valence electrons. The lowest BCUT2D eigenvalue weighted by molar-refractivity contribution is 0.594. The first-order chi connectivity index (χ1) is 9.86. The summed E-state index contributed by atoms with van der Waals surface area (Å²) in [6, 6.07) is 12.2. The molecule has 5 heteroatoms. The number of nitrogens with two attached hydrogens (primary N) is 1. The Kier molecular flexibility index (Phi) is 4.23. The van der Waals surface area contributed by atoms with Gasteiger partial charge in [-0.2, -0.15) is 0 Å². The van der Waals surface area contributed by atoms with Gasteiger partial charge in [-0.1, -0.05) is 30.7 Å². The van der Waals surface area contributed by atoms with Crippen molar-refractivity contribution in [2.75, 3.05) is 17.1 Å². The molecule has 0 amide bonds. The molecule has 0 fully saturated rings.